The number of nitrogens with zero attached hydrogens (tertiary/aromatic N) is 1. The Bertz CT molecular complexity index is 451. The molecule has 1 heterocycles. The van der Waals surface area contributed by atoms with Crippen LogP contribution >= 0.6 is 0 Å². The summed E-state index contributed by atoms with van der Waals surface area (Å²) in [4.78, 5) is 4.10. The fraction of sp³-hybridized carbons (Fsp3) is 0.0833. The van der Waals surface area contributed by atoms with Crippen molar-refractivity contribution in [3.05, 3.63) is 42.7 Å². The molecule has 3 nitrogen and oxygen atoms in total. The van der Waals surface area contributed by atoms with E-state index in [0.717, 1.165) is 22.6 Å². The second kappa shape index (κ2) is 4.00. The Labute approximate surface area is 88.5 Å². The van der Waals surface area contributed by atoms with Crippen molar-refractivity contribution in [1.82, 2.24) is 4.98 Å². The monoisotopic (exact) mass is 200 g/mol. The van der Waals surface area contributed by atoms with Crippen molar-refractivity contribution in [3.8, 4) is 16.9 Å². The van der Waals surface area contributed by atoms with Gasteiger partial charge in [-0.2, -0.15) is 0 Å². The number of nitrogen functional groups attached to an aromatic ring is 1. The molecule has 0 amide bonds. The largest absolute Gasteiger partial charge is 0.495 e. The molecule has 0 bridgehead atoms. The molecule has 15 heavy (non-hydrogen) atoms. The third-order valence-corrected chi connectivity index (χ3v) is 2.19. The highest BCUT2D eigenvalue weighted by molar-refractivity contribution is 5.65. The van der Waals surface area contributed by atoms with Gasteiger partial charge < -0.3 is 10.5 Å². The number of hydrogen-bond acceptors (Lipinski definition) is 3. The number of ether oxygens (including phenoxy) is 1. The van der Waals surface area contributed by atoms with Gasteiger partial charge in [-0.25, -0.2) is 0 Å². The zero-order valence-electron chi connectivity index (χ0n) is 8.47. The first-order valence-corrected chi connectivity index (χ1v) is 4.64. The van der Waals surface area contributed by atoms with Crippen molar-refractivity contribution in [3.63, 3.8) is 0 Å². The van der Waals surface area contributed by atoms with Crippen molar-refractivity contribution >= 4 is 5.69 Å². The van der Waals surface area contributed by atoms with E-state index in [1.165, 1.54) is 0 Å². The fourth-order valence-electron chi connectivity index (χ4n) is 1.36. The maximum Gasteiger partial charge on any atom is 0.137 e. The molecule has 0 saturated carbocycles. The molecule has 2 aromatic rings. The standard InChI is InChI=1S/C12H12N2O/c1-15-12-6-10(7-14-8-12)9-2-4-11(13)5-3-9/h2-8H,13H2,1H3. The highest BCUT2D eigenvalue weighted by atomic mass is 16.5. The quantitative estimate of drug-likeness (QED) is 0.757. The molecule has 76 valence electrons. The molecule has 0 fully saturated rings. The minimum atomic E-state index is 0.754. The molecule has 0 aliphatic heterocycles. The smallest absolute Gasteiger partial charge is 0.137 e. The molecule has 1 aromatic carbocycles. The Hall–Kier alpha value is -2.03. The minimum Gasteiger partial charge on any atom is -0.495 e. The second-order valence-corrected chi connectivity index (χ2v) is 3.24. The third-order valence-electron chi connectivity index (χ3n) is 2.19. The fourth-order valence-corrected chi connectivity index (χ4v) is 1.36. The van der Waals surface area contributed by atoms with E-state index in [9.17, 15) is 0 Å². The van der Waals surface area contributed by atoms with Crippen LogP contribution in [0.3, 0.4) is 0 Å². The van der Waals surface area contributed by atoms with Crippen molar-refractivity contribution in [2.75, 3.05) is 12.8 Å². The van der Waals surface area contributed by atoms with Gasteiger partial charge in [-0.05, 0) is 23.8 Å². The van der Waals surface area contributed by atoms with E-state index in [4.69, 9.17) is 10.5 Å². The molecular weight excluding hydrogens is 188 g/mol. The summed E-state index contributed by atoms with van der Waals surface area (Å²) in [5.41, 5.74) is 8.48. The summed E-state index contributed by atoms with van der Waals surface area (Å²) >= 11 is 0. The summed E-state index contributed by atoms with van der Waals surface area (Å²) in [6, 6.07) is 9.61. The van der Waals surface area contributed by atoms with Crippen LogP contribution in [-0.4, -0.2) is 12.1 Å². The van der Waals surface area contributed by atoms with E-state index in [2.05, 4.69) is 4.98 Å². The van der Waals surface area contributed by atoms with Crippen LogP contribution in [0.15, 0.2) is 42.7 Å². The minimum absolute atomic E-state index is 0.754. The van der Waals surface area contributed by atoms with E-state index >= 15 is 0 Å². The van der Waals surface area contributed by atoms with E-state index in [1.54, 1.807) is 19.5 Å². The predicted molar refractivity (Wildman–Crippen MR) is 60.6 cm³/mol. The zero-order valence-corrected chi connectivity index (χ0v) is 8.47. The van der Waals surface area contributed by atoms with Crippen LogP contribution in [-0.2, 0) is 0 Å². The second-order valence-electron chi connectivity index (χ2n) is 3.24. The third kappa shape index (κ3) is 2.07. The number of hydrogen-bond donors (Lipinski definition) is 1. The summed E-state index contributed by atoms with van der Waals surface area (Å²) in [6.45, 7) is 0. The predicted octanol–water partition coefficient (Wildman–Crippen LogP) is 2.34. The molecule has 0 radical (unpaired) electrons. The maximum absolute atomic E-state index is 5.62. The van der Waals surface area contributed by atoms with Crippen molar-refractivity contribution in [1.29, 1.82) is 0 Å². The Balaban J connectivity index is 2.40. The first kappa shape index (κ1) is 9.52. The van der Waals surface area contributed by atoms with Crippen LogP contribution in [0, 0.1) is 0 Å². The van der Waals surface area contributed by atoms with Crippen molar-refractivity contribution in [2.24, 2.45) is 0 Å². The molecule has 0 aliphatic rings. The van der Waals surface area contributed by atoms with Crippen LogP contribution in [0.1, 0.15) is 0 Å². The zero-order chi connectivity index (χ0) is 10.7. The Kier molecular flexibility index (Phi) is 2.54. The van der Waals surface area contributed by atoms with Gasteiger partial charge in [0.15, 0.2) is 0 Å². The lowest BCUT2D eigenvalue weighted by atomic mass is 10.1. The lowest BCUT2D eigenvalue weighted by Crippen LogP contribution is -1.87. The van der Waals surface area contributed by atoms with E-state index < -0.39 is 0 Å². The van der Waals surface area contributed by atoms with Gasteiger partial charge in [0.1, 0.15) is 5.75 Å². The molecule has 1 aromatic heterocycles. The van der Waals surface area contributed by atoms with E-state index in [-0.39, 0.29) is 0 Å². The van der Waals surface area contributed by atoms with Crippen molar-refractivity contribution < 1.29 is 4.74 Å². The van der Waals surface area contributed by atoms with Gasteiger partial charge in [0, 0.05) is 17.4 Å². The van der Waals surface area contributed by atoms with Crippen LogP contribution in [0.2, 0.25) is 0 Å². The van der Waals surface area contributed by atoms with Crippen LogP contribution < -0.4 is 10.5 Å². The normalized spacial score (nSPS) is 9.93. The number of pyridine rings is 1. The summed E-state index contributed by atoms with van der Waals surface area (Å²) in [6.07, 6.45) is 3.48. The van der Waals surface area contributed by atoms with Crippen LogP contribution in [0.4, 0.5) is 5.69 Å². The molecule has 0 atom stereocenters. The van der Waals surface area contributed by atoms with Crippen molar-refractivity contribution in [2.45, 2.75) is 0 Å². The average molecular weight is 200 g/mol. The average Bonchev–Trinajstić information content (AvgIpc) is 2.30. The van der Waals surface area contributed by atoms with Gasteiger partial charge in [-0.1, -0.05) is 12.1 Å². The number of nitrogens with two attached hydrogens (primary N) is 1. The van der Waals surface area contributed by atoms with E-state index in [1.807, 2.05) is 30.3 Å². The van der Waals surface area contributed by atoms with Crippen LogP contribution in [0.5, 0.6) is 5.75 Å². The Morgan fingerprint density at radius 2 is 1.80 bits per heavy atom. The summed E-state index contributed by atoms with van der Waals surface area (Å²) < 4.78 is 5.11. The molecule has 2 rings (SSSR count). The Morgan fingerprint density at radius 3 is 2.47 bits per heavy atom. The highest BCUT2D eigenvalue weighted by Gasteiger charge is 1.99. The first-order valence-electron chi connectivity index (χ1n) is 4.64. The number of methoxy groups -OCH3 is 1. The molecule has 0 spiro atoms. The molecule has 0 aliphatic carbocycles. The van der Waals surface area contributed by atoms with Crippen LogP contribution in [0.25, 0.3) is 11.1 Å². The Morgan fingerprint density at radius 1 is 1.07 bits per heavy atom. The number of aromatic nitrogens is 1. The number of anilines is 1. The summed E-state index contributed by atoms with van der Waals surface area (Å²) in [7, 11) is 1.63. The first-order chi connectivity index (χ1) is 7.29. The number of benzene rings is 1. The maximum atomic E-state index is 5.62. The molecule has 0 saturated heterocycles. The van der Waals surface area contributed by atoms with Gasteiger partial charge in [0.05, 0.1) is 13.3 Å². The number of rotatable bonds is 2. The summed E-state index contributed by atoms with van der Waals surface area (Å²) in [5, 5.41) is 0. The SMILES string of the molecule is COc1cncc(-c2ccc(N)cc2)c1. The highest BCUT2D eigenvalue weighted by Crippen LogP contribution is 2.22. The lowest BCUT2D eigenvalue weighted by molar-refractivity contribution is 0.413. The van der Waals surface area contributed by atoms with Gasteiger partial charge in [-0.3, -0.25) is 4.98 Å². The van der Waals surface area contributed by atoms with Gasteiger partial charge in [-0.15, -0.1) is 0 Å². The van der Waals surface area contributed by atoms with Gasteiger partial charge in [0.25, 0.3) is 0 Å². The topological polar surface area (TPSA) is 48.1 Å². The van der Waals surface area contributed by atoms with Gasteiger partial charge >= 0.3 is 0 Å². The van der Waals surface area contributed by atoms with E-state index in [0.29, 0.717) is 0 Å². The van der Waals surface area contributed by atoms with Gasteiger partial charge in [0.2, 0.25) is 0 Å². The summed E-state index contributed by atoms with van der Waals surface area (Å²) in [5.74, 6) is 0.754. The molecule has 3 heteroatoms. The molecular formula is C12H12N2O. The lowest BCUT2D eigenvalue weighted by Gasteiger charge is -2.04. The molecule has 2 N–H and O–H groups in total. The molecule has 0 unspecified atom stereocenters.